The van der Waals surface area contributed by atoms with Crippen LogP contribution in [0.5, 0.6) is 0 Å². The molecular formula is C23H24N4O3. The SMILES string of the molecule is Cc1ccc(NC(=O)[C@H]2CC(=O)N(C[C@@H]3CCCO3)c3nc4ccccc4n32)cc1. The summed E-state index contributed by atoms with van der Waals surface area (Å²) in [5.74, 6) is 0.206. The third-order valence-corrected chi connectivity index (χ3v) is 5.83. The van der Waals surface area contributed by atoms with Crippen molar-refractivity contribution in [3.63, 3.8) is 0 Å². The maximum Gasteiger partial charge on any atom is 0.248 e. The van der Waals surface area contributed by atoms with Gasteiger partial charge in [0.1, 0.15) is 6.04 Å². The molecule has 0 radical (unpaired) electrons. The number of ether oxygens (including phenoxy) is 1. The van der Waals surface area contributed by atoms with Crippen LogP contribution in [0.4, 0.5) is 11.6 Å². The number of para-hydroxylation sites is 2. The number of imidazole rings is 1. The third kappa shape index (κ3) is 3.35. The Kier molecular flexibility index (Phi) is 4.75. The minimum Gasteiger partial charge on any atom is -0.376 e. The molecule has 3 aromatic rings. The molecule has 7 heteroatoms. The van der Waals surface area contributed by atoms with E-state index in [0.717, 1.165) is 36.0 Å². The molecule has 1 aromatic heterocycles. The van der Waals surface area contributed by atoms with Crippen LogP contribution in [0.2, 0.25) is 0 Å². The normalized spacial score (nSPS) is 21.1. The highest BCUT2D eigenvalue weighted by molar-refractivity contribution is 6.04. The van der Waals surface area contributed by atoms with Crippen LogP contribution >= 0.6 is 0 Å². The lowest BCUT2D eigenvalue weighted by Crippen LogP contribution is -2.46. The first-order chi connectivity index (χ1) is 14.6. The summed E-state index contributed by atoms with van der Waals surface area (Å²) in [7, 11) is 0. The van der Waals surface area contributed by atoms with Gasteiger partial charge in [-0.05, 0) is 44.0 Å². The first-order valence-corrected chi connectivity index (χ1v) is 10.4. The largest absolute Gasteiger partial charge is 0.376 e. The molecule has 2 atom stereocenters. The number of benzene rings is 2. The second-order valence-electron chi connectivity index (χ2n) is 7.99. The Labute approximate surface area is 174 Å². The molecule has 0 bridgehead atoms. The summed E-state index contributed by atoms with van der Waals surface area (Å²) in [6.07, 6.45) is 2.05. The lowest BCUT2D eigenvalue weighted by molar-refractivity contribution is -0.126. The van der Waals surface area contributed by atoms with Crippen molar-refractivity contribution in [2.75, 3.05) is 23.4 Å². The summed E-state index contributed by atoms with van der Waals surface area (Å²) >= 11 is 0. The summed E-state index contributed by atoms with van der Waals surface area (Å²) < 4.78 is 7.64. The average Bonchev–Trinajstić information content (AvgIpc) is 3.39. The highest BCUT2D eigenvalue weighted by atomic mass is 16.5. The molecule has 0 aliphatic carbocycles. The van der Waals surface area contributed by atoms with Crippen LogP contribution < -0.4 is 10.2 Å². The van der Waals surface area contributed by atoms with E-state index in [1.165, 1.54) is 0 Å². The van der Waals surface area contributed by atoms with E-state index in [0.29, 0.717) is 18.2 Å². The number of anilines is 2. The Bertz CT molecular complexity index is 1100. The van der Waals surface area contributed by atoms with Crippen LogP contribution in [0, 0.1) is 6.92 Å². The number of carbonyl (C=O) groups is 2. The van der Waals surface area contributed by atoms with Crippen LogP contribution in [-0.2, 0) is 14.3 Å². The van der Waals surface area contributed by atoms with Crippen molar-refractivity contribution in [3.05, 3.63) is 54.1 Å². The van der Waals surface area contributed by atoms with Gasteiger partial charge in [-0.15, -0.1) is 0 Å². The number of rotatable bonds is 4. The van der Waals surface area contributed by atoms with Crippen molar-refractivity contribution >= 4 is 34.5 Å². The van der Waals surface area contributed by atoms with E-state index in [2.05, 4.69) is 5.32 Å². The van der Waals surface area contributed by atoms with Gasteiger partial charge in [-0.25, -0.2) is 4.98 Å². The fourth-order valence-electron chi connectivity index (χ4n) is 4.26. The molecule has 7 nitrogen and oxygen atoms in total. The van der Waals surface area contributed by atoms with E-state index in [-0.39, 0.29) is 24.3 Å². The summed E-state index contributed by atoms with van der Waals surface area (Å²) in [4.78, 5) is 32.7. The molecule has 2 aliphatic rings. The maximum absolute atomic E-state index is 13.2. The van der Waals surface area contributed by atoms with Gasteiger partial charge in [-0.1, -0.05) is 29.8 Å². The number of hydrogen-bond acceptors (Lipinski definition) is 4. The molecule has 2 amide bonds. The Balaban J connectivity index is 1.51. The second-order valence-corrected chi connectivity index (χ2v) is 7.99. The summed E-state index contributed by atoms with van der Waals surface area (Å²) in [6, 6.07) is 14.7. The van der Waals surface area contributed by atoms with Gasteiger partial charge in [0.05, 0.1) is 30.1 Å². The number of fused-ring (bicyclic) bond motifs is 3. The van der Waals surface area contributed by atoms with Gasteiger partial charge in [-0.2, -0.15) is 0 Å². The van der Waals surface area contributed by atoms with Gasteiger partial charge >= 0.3 is 0 Å². The molecule has 3 heterocycles. The first-order valence-electron chi connectivity index (χ1n) is 10.4. The lowest BCUT2D eigenvalue weighted by atomic mass is 10.1. The van der Waals surface area contributed by atoms with Crippen molar-refractivity contribution in [1.82, 2.24) is 9.55 Å². The van der Waals surface area contributed by atoms with Crippen molar-refractivity contribution in [3.8, 4) is 0 Å². The highest BCUT2D eigenvalue weighted by Crippen LogP contribution is 2.35. The minimum atomic E-state index is -0.651. The van der Waals surface area contributed by atoms with Gasteiger partial charge in [0.25, 0.3) is 0 Å². The van der Waals surface area contributed by atoms with E-state index in [1.54, 1.807) is 4.90 Å². The predicted molar refractivity (Wildman–Crippen MR) is 115 cm³/mol. The molecule has 2 aliphatic heterocycles. The zero-order valence-corrected chi connectivity index (χ0v) is 16.9. The second kappa shape index (κ2) is 7.57. The summed E-state index contributed by atoms with van der Waals surface area (Å²) in [5.41, 5.74) is 3.45. The Hall–Kier alpha value is -3.19. The van der Waals surface area contributed by atoms with Gasteiger partial charge in [-0.3, -0.25) is 19.1 Å². The smallest absolute Gasteiger partial charge is 0.248 e. The van der Waals surface area contributed by atoms with Crippen LogP contribution in [-0.4, -0.2) is 40.6 Å². The van der Waals surface area contributed by atoms with E-state index in [9.17, 15) is 9.59 Å². The number of hydrogen-bond donors (Lipinski definition) is 1. The van der Waals surface area contributed by atoms with Gasteiger partial charge in [0.2, 0.25) is 17.8 Å². The average molecular weight is 404 g/mol. The molecule has 0 unspecified atom stereocenters. The van der Waals surface area contributed by atoms with E-state index < -0.39 is 6.04 Å². The summed E-state index contributed by atoms with van der Waals surface area (Å²) in [5, 5.41) is 2.96. The fourth-order valence-corrected chi connectivity index (χ4v) is 4.26. The monoisotopic (exact) mass is 404 g/mol. The minimum absolute atomic E-state index is 0.0140. The first kappa shape index (κ1) is 18.8. The van der Waals surface area contributed by atoms with E-state index in [1.807, 2.05) is 60.0 Å². The number of nitrogens with zero attached hydrogens (tertiary/aromatic N) is 3. The number of amides is 2. The zero-order valence-electron chi connectivity index (χ0n) is 16.9. The Morgan fingerprint density at radius 3 is 2.77 bits per heavy atom. The third-order valence-electron chi connectivity index (χ3n) is 5.83. The molecule has 0 saturated carbocycles. The predicted octanol–water partition coefficient (Wildman–Crippen LogP) is 3.44. The maximum atomic E-state index is 13.2. The van der Waals surface area contributed by atoms with Crippen LogP contribution in [0.15, 0.2) is 48.5 Å². The highest BCUT2D eigenvalue weighted by Gasteiger charge is 2.39. The van der Waals surface area contributed by atoms with Gasteiger partial charge in [0.15, 0.2) is 0 Å². The van der Waals surface area contributed by atoms with Crippen molar-refractivity contribution in [2.45, 2.75) is 38.3 Å². The number of aryl methyl sites for hydroxylation is 1. The quantitative estimate of drug-likeness (QED) is 0.723. The molecule has 1 fully saturated rings. The van der Waals surface area contributed by atoms with Gasteiger partial charge < -0.3 is 10.1 Å². The standard InChI is InChI=1S/C23H24N4O3/c1-15-8-10-16(11-9-15)24-22(29)20-13-21(28)26(14-17-5-4-12-30-17)23-25-18-6-2-3-7-19(18)27(20)23/h2-3,6-11,17,20H,4-5,12-14H2,1H3,(H,24,29)/t17-,20+/m0/s1. The molecule has 154 valence electrons. The van der Waals surface area contributed by atoms with E-state index in [4.69, 9.17) is 9.72 Å². The van der Waals surface area contributed by atoms with Crippen LogP contribution in [0.1, 0.15) is 30.9 Å². The van der Waals surface area contributed by atoms with Gasteiger partial charge in [0, 0.05) is 12.3 Å². The topological polar surface area (TPSA) is 76.5 Å². The van der Waals surface area contributed by atoms with Crippen molar-refractivity contribution < 1.29 is 14.3 Å². The molecule has 2 aromatic carbocycles. The molecule has 0 spiro atoms. The Morgan fingerprint density at radius 1 is 1.20 bits per heavy atom. The van der Waals surface area contributed by atoms with Crippen LogP contribution in [0.3, 0.4) is 0 Å². The molecule has 1 saturated heterocycles. The van der Waals surface area contributed by atoms with E-state index >= 15 is 0 Å². The summed E-state index contributed by atoms with van der Waals surface area (Å²) in [6.45, 7) is 3.19. The van der Waals surface area contributed by atoms with Crippen LogP contribution in [0.25, 0.3) is 11.0 Å². The zero-order chi connectivity index (χ0) is 20.7. The molecule has 5 rings (SSSR count). The fraction of sp³-hybridized carbons (Fsp3) is 0.348. The number of nitrogens with one attached hydrogen (secondary N) is 1. The van der Waals surface area contributed by atoms with Crippen molar-refractivity contribution in [1.29, 1.82) is 0 Å². The molecular weight excluding hydrogens is 380 g/mol. The van der Waals surface area contributed by atoms with Crippen molar-refractivity contribution in [2.24, 2.45) is 0 Å². The number of aromatic nitrogens is 2. The molecule has 30 heavy (non-hydrogen) atoms. The lowest BCUT2D eigenvalue weighted by Gasteiger charge is -2.33. The number of carbonyl (C=O) groups excluding carboxylic acids is 2. The Morgan fingerprint density at radius 2 is 2.00 bits per heavy atom. The molecule has 1 N–H and O–H groups in total.